The minimum Gasteiger partial charge on any atom is -0.324 e. The lowest BCUT2D eigenvalue weighted by Gasteiger charge is -2.19. The highest BCUT2D eigenvalue weighted by molar-refractivity contribution is 6.30. The van der Waals surface area contributed by atoms with Gasteiger partial charge in [0.1, 0.15) is 5.15 Å². The molecule has 0 saturated heterocycles. The summed E-state index contributed by atoms with van der Waals surface area (Å²) in [6, 6.07) is 9.95. The minimum atomic E-state index is -0.0513. The first kappa shape index (κ1) is 15.2. The molecule has 2 nitrogen and oxygen atoms in total. The van der Waals surface area contributed by atoms with Crippen molar-refractivity contribution in [3.8, 4) is 0 Å². The Kier molecular flexibility index (Phi) is 5.39. The predicted octanol–water partition coefficient (Wildman–Crippen LogP) is 4.36. The lowest BCUT2D eigenvalue weighted by molar-refractivity contribution is 0.456. The Hall–Kier alpha value is -0.830. The van der Waals surface area contributed by atoms with Crippen LogP contribution >= 0.6 is 24.0 Å². The third kappa shape index (κ3) is 2.94. The molecular weight excluding hydrogens is 267 g/mol. The molecule has 1 aromatic carbocycles. The summed E-state index contributed by atoms with van der Waals surface area (Å²) in [6.45, 7) is 4.27. The van der Waals surface area contributed by atoms with E-state index < -0.39 is 0 Å². The standard InChI is InChI=1S/C14H17ClN2.ClH/c1-3-9(2)13(16)11-8-10-6-4-5-7-12(10)17-14(11)15;/h4-9,13H,3,16H2,1-2H3;1H/t9?,13-;/m0./s1. The third-order valence-electron chi connectivity index (χ3n) is 3.32. The van der Waals surface area contributed by atoms with Crippen molar-refractivity contribution in [3.63, 3.8) is 0 Å². The van der Waals surface area contributed by atoms with E-state index in [1.807, 2.05) is 24.3 Å². The molecule has 2 rings (SSSR count). The molecule has 2 aromatic rings. The first-order valence-electron chi connectivity index (χ1n) is 5.94. The van der Waals surface area contributed by atoms with Gasteiger partial charge in [0.2, 0.25) is 0 Å². The molecule has 0 radical (unpaired) electrons. The first-order chi connectivity index (χ1) is 8.13. The largest absolute Gasteiger partial charge is 0.324 e. The number of aromatic nitrogens is 1. The van der Waals surface area contributed by atoms with Crippen LogP contribution in [0.4, 0.5) is 0 Å². The van der Waals surface area contributed by atoms with E-state index >= 15 is 0 Å². The first-order valence-corrected chi connectivity index (χ1v) is 6.32. The van der Waals surface area contributed by atoms with Crippen molar-refractivity contribution in [3.05, 3.63) is 41.0 Å². The highest BCUT2D eigenvalue weighted by Crippen LogP contribution is 2.29. The van der Waals surface area contributed by atoms with E-state index in [0.29, 0.717) is 11.1 Å². The van der Waals surface area contributed by atoms with Crippen LogP contribution in [0.3, 0.4) is 0 Å². The SMILES string of the molecule is CCC(C)[C@H](N)c1cc2ccccc2nc1Cl.Cl. The Morgan fingerprint density at radius 3 is 2.67 bits per heavy atom. The quantitative estimate of drug-likeness (QED) is 0.851. The molecule has 98 valence electrons. The Labute approximate surface area is 119 Å². The molecule has 0 aliphatic rings. The van der Waals surface area contributed by atoms with E-state index in [1.165, 1.54) is 0 Å². The summed E-state index contributed by atoms with van der Waals surface area (Å²) in [4.78, 5) is 4.40. The molecule has 4 heteroatoms. The molecule has 0 amide bonds. The fourth-order valence-electron chi connectivity index (χ4n) is 1.90. The molecule has 2 N–H and O–H groups in total. The van der Waals surface area contributed by atoms with E-state index in [2.05, 4.69) is 24.9 Å². The maximum atomic E-state index is 6.22. The smallest absolute Gasteiger partial charge is 0.134 e. The fourth-order valence-corrected chi connectivity index (χ4v) is 2.17. The molecule has 0 aliphatic carbocycles. The summed E-state index contributed by atoms with van der Waals surface area (Å²) in [5.74, 6) is 0.399. The van der Waals surface area contributed by atoms with E-state index in [9.17, 15) is 0 Å². The molecule has 0 saturated carbocycles. The molecule has 0 spiro atoms. The van der Waals surface area contributed by atoms with Crippen LogP contribution in [-0.2, 0) is 0 Å². The third-order valence-corrected chi connectivity index (χ3v) is 3.62. The van der Waals surface area contributed by atoms with E-state index in [-0.39, 0.29) is 18.4 Å². The Morgan fingerprint density at radius 2 is 2.00 bits per heavy atom. The lowest BCUT2D eigenvalue weighted by Crippen LogP contribution is -2.19. The molecule has 18 heavy (non-hydrogen) atoms. The second kappa shape index (κ2) is 6.37. The summed E-state index contributed by atoms with van der Waals surface area (Å²) >= 11 is 6.21. The number of para-hydroxylation sites is 1. The van der Waals surface area contributed by atoms with E-state index in [4.69, 9.17) is 17.3 Å². The van der Waals surface area contributed by atoms with Crippen LogP contribution in [0.25, 0.3) is 10.9 Å². The summed E-state index contributed by atoms with van der Waals surface area (Å²) < 4.78 is 0. The van der Waals surface area contributed by atoms with Gasteiger partial charge in [0.05, 0.1) is 5.52 Å². The number of rotatable bonds is 3. The van der Waals surface area contributed by atoms with Gasteiger partial charge in [0.15, 0.2) is 0 Å². The fraction of sp³-hybridized carbons (Fsp3) is 0.357. The molecule has 0 fully saturated rings. The number of halogens is 2. The minimum absolute atomic E-state index is 0. The molecule has 1 aromatic heterocycles. The highest BCUT2D eigenvalue weighted by Gasteiger charge is 2.17. The number of hydrogen-bond donors (Lipinski definition) is 1. The number of pyridine rings is 1. The summed E-state index contributed by atoms with van der Waals surface area (Å²) in [5.41, 5.74) is 8.08. The van der Waals surface area contributed by atoms with Gasteiger partial charge < -0.3 is 5.73 Å². The zero-order chi connectivity index (χ0) is 12.4. The number of nitrogens with zero attached hydrogens (tertiary/aromatic N) is 1. The normalized spacial score (nSPS) is 14.0. The summed E-state index contributed by atoms with van der Waals surface area (Å²) in [5, 5.41) is 1.61. The average Bonchev–Trinajstić information content (AvgIpc) is 2.36. The number of nitrogens with two attached hydrogens (primary N) is 1. The highest BCUT2D eigenvalue weighted by atomic mass is 35.5. The van der Waals surface area contributed by atoms with Crippen LogP contribution in [0, 0.1) is 5.92 Å². The van der Waals surface area contributed by atoms with Crippen molar-refractivity contribution in [2.75, 3.05) is 0 Å². The zero-order valence-electron chi connectivity index (χ0n) is 10.6. The maximum absolute atomic E-state index is 6.22. The number of hydrogen-bond acceptors (Lipinski definition) is 2. The van der Waals surface area contributed by atoms with E-state index in [0.717, 1.165) is 22.9 Å². The molecular formula is C14H18Cl2N2. The molecule has 2 atom stereocenters. The Balaban J connectivity index is 0.00000162. The molecule has 1 heterocycles. The molecule has 0 aliphatic heterocycles. The van der Waals surface area contributed by atoms with E-state index in [1.54, 1.807) is 0 Å². The number of fused-ring (bicyclic) bond motifs is 1. The van der Waals surface area contributed by atoms with Gasteiger partial charge in [-0.25, -0.2) is 4.98 Å². The van der Waals surface area contributed by atoms with Crippen LogP contribution in [0.5, 0.6) is 0 Å². The van der Waals surface area contributed by atoms with Gasteiger partial charge in [-0.2, -0.15) is 0 Å². The van der Waals surface area contributed by atoms with Gasteiger partial charge in [0, 0.05) is 17.0 Å². The Bertz CT molecular complexity index is 528. The van der Waals surface area contributed by atoms with Crippen molar-refractivity contribution in [2.45, 2.75) is 26.3 Å². The van der Waals surface area contributed by atoms with Crippen molar-refractivity contribution >= 4 is 34.9 Å². The van der Waals surface area contributed by atoms with Crippen LogP contribution in [0.15, 0.2) is 30.3 Å². The van der Waals surface area contributed by atoms with Gasteiger partial charge in [-0.1, -0.05) is 50.1 Å². The number of benzene rings is 1. The topological polar surface area (TPSA) is 38.9 Å². The van der Waals surface area contributed by atoms with Crippen molar-refractivity contribution in [1.82, 2.24) is 4.98 Å². The molecule has 1 unspecified atom stereocenters. The maximum Gasteiger partial charge on any atom is 0.134 e. The van der Waals surface area contributed by atoms with Crippen molar-refractivity contribution in [2.24, 2.45) is 11.7 Å². The monoisotopic (exact) mass is 284 g/mol. The second-order valence-corrected chi connectivity index (χ2v) is 4.83. The Morgan fingerprint density at radius 1 is 1.33 bits per heavy atom. The summed E-state index contributed by atoms with van der Waals surface area (Å²) in [7, 11) is 0. The van der Waals surface area contributed by atoms with Crippen LogP contribution in [0.2, 0.25) is 5.15 Å². The van der Waals surface area contributed by atoms with Crippen molar-refractivity contribution < 1.29 is 0 Å². The second-order valence-electron chi connectivity index (χ2n) is 4.47. The van der Waals surface area contributed by atoms with Gasteiger partial charge >= 0.3 is 0 Å². The van der Waals surface area contributed by atoms with Crippen LogP contribution in [-0.4, -0.2) is 4.98 Å². The lowest BCUT2D eigenvalue weighted by atomic mass is 9.93. The van der Waals surface area contributed by atoms with Crippen LogP contribution < -0.4 is 5.73 Å². The van der Waals surface area contributed by atoms with Gasteiger partial charge in [-0.3, -0.25) is 0 Å². The van der Waals surface area contributed by atoms with Gasteiger partial charge in [-0.05, 0) is 18.1 Å². The van der Waals surface area contributed by atoms with Crippen molar-refractivity contribution in [1.29, 1.82) is 0 Å². The summed E-state index contributed by atoms with van der Waals surface area (Å²) in [6.07, 6.45) is 1.03. The average molecular weight is 285 g/mol. The van der Waals surface area contributed by atoms with Gasteiger partial charge in [0.25, 0.3) is 0 Å². The van der Waals surface area contributed by atoms with Gasteiger partial charge in [-0.15, -0.1) is 12.4 Å². The van der Waals surface area contributed by atoms with Crippen LogP contribution in [0.1, 0.15) is 31.9 Å². The predicted molar refractivity (Wildman–Crippen MR) is 80.4 cm³/mol. The molecule has 0 bridgehead atoms. The zero-order valence-corrected chi connectivity index (χ0v) is 12.1.